The Labute approximate surface area is 146 Å². The van der Waals surface area contributed by atoms with Crippen molar-refractivity contribution in [1.82, 2.24) is 10.2 Å². The van der Waals surface area contributed by atoms with Crippen LogP contribution in [-0.4, -0.2) is 36.5 Å². The van der Waals surface area contributed by atoms with Gasteiger partial charge in [-0.3, -0.25) is 9.69 Å². The molecule has 3 rings (SSSR count). The number of halogens is 3. The van der Waals surface area contributed by atoms with E-state index >= 15 is 0 Å². The quantitative estimate of drug-likeness (QED) is 0.846. The average molecular weight is 354 g/mol. The highest BCUT2D eigenvalue weighted by Crippen LogP contribution is 2.33. The summed E-state index contributed by atoms with van der Waals surface area (Å²) < 4.78 is 39.2. The molecule has 2 fully saturated rings. The van der Waals surface area contributed by atoms with E-state index in [1.54, 1.807) is 12.1 Å². The first-order valence-corrected chi connectivity index (χ1v) is 9.08. The lowest BCUT2D eigenvalue weighted by Gasteiger charge is -2.32. The highest BCUT2D eigenvalue weighted by atomic mass is 19.4. The molecule has 138 valence electrons. The summed E-state index contributed by atoms with van der Waals surface area (Å²) in [5.41, 5.74) is -0.148. The molecule has 1 aromatic rings. The maximum atomic E-state index is 13.1. The molecule has 1 aliphatic carbocycles. The molecule has 0 radical (unpaired) electrons. The SMILES string of the molecule is O=C(CN1CCC[C@@H](CCc2ccccc2C(F)(F)F)C1)NC1CC1. The fourth-order valence-corrected chi connectivity index (χ4v) is 3.61. The van der Waals surface area contributed by atoms with Gasteiger partial charge in [-0.2, -0.15) is 13.2 Å². The Bertz CT molecular complexity index is 599. The molecule has 1 saturated carbocycles. The first kappa shape index (κ1) is 18.2. The number of likely N-dealkylation sites (tertiary alicyclic amines) is 1. The van der Waals surface area contributed by atoms with E-state index < -0.39 is 11.7 Å². The zero-order valence-corrected chi connectivity index (χ0v) is 14.3. The molecule has 0 spiro atoms. The van der Waals surface area contributed by atoms with Crippen molar-refractivity contribution in [3.63, 3.8) is 0 Å². The lowest BCUT2D eigenvalue weighted by molar-refractivity contribution is -0.138. The van der Waals surface area contributed by atoms with Gasteiger partial charge in [-0.25, -0.2) is 0 Å². The number of piperidine rings is 1. The van der Waals surface area contributed by atoms with Crippen molar-refractivity contribution in [2.75, 3.05) is 19.6 Å². The fraction of sp³-hybridized carbons (Fsp3) is 0.632. The molecular weight excluding hydrogens is 329 g/mol. The molecule has 0 aromatic heterocycles. The monoisotopic (exact) mass is 354 g/mol. The molecule has 0 bridgehead atoms. The zero-order valence-electron chi connectivity index (χ0n) is 14.3. The van der Waals surface area contributed by atoms with Gasteiger partial charge in [0.05, 0.1) is 12.1 Å². The molecule has 2 aliphatic rings. The van der Waals surface area contributed by atoms with Crippen LogP contribution in [0.5, 0.6) is 0 Å². The van der Waals surface area contributed by atoms with Crippen molar-refractivity contribution in [3.05, 3.63) is 35.4 Å². The van der Waals surface area contributed by atoms with Crippen molar-refractivity contribution < 1.29 is 18.0 Å². The van der Waals surface area contributed by atoms with Gasteiger partial charge in [0.2, 0.25) is 5.91 Å². The van der Waals surface area contributed by atoms with Crippen LogP contribution >= 0.6 is 0 Å². The van der Waals surface area contributed by atoms with E-state index in [1.807, 2.05) is 0 Å². The predicted molar refractivity (Wildman–Crippen MR) is 90.1 cm³/mol. The van der Waals surface area contributed by atoms with Crippen LogP contribution in [0.1, 0.15) is 43.2 Å². The van der Waals surface area contributed by atoms with Crippen molar-refractivity contribution in [2.24, 2.45) is 5.92 Å². The first-order chi connectivity index (χ1) is 11.9. The number of benzene rings is 1. The van der Waals surface area contributed by atoms with Crippen LogP contribution in [-0.2, 0) is 17.4 Å². The average Bonchev–Trinajstić information content (AvgIpc) is 3.36. The number of aryl methyl sites for hydroxylation is 1. The standard InChI is InChI=1S/C19H25F3N2O/c20-19(21,22)17-6-2-1-5-15(17)8-7-14-4-3-11-24(12-14)13-18(25)23-16-9-10-16/h1-2,5-6,14,16H,3-4,7-13H2,(H,23,25)/t14-/m0/s1. The van der Waals surface area contributed by atoms with E-state index in [0.717, 1.165) is 51.3 Å². The van der Waals surface area contributed by atoms with Crippen LogP contribution in [0.4, 0.5) is 13.2 Å². The normalized spacial score (nSPS) is 22.0. The summed E-state index contributed by atoms with van der Waals surface area (Å²) in [6.07, 6.45) is 1.05. The van der Waals surface area contributed by atoms with E-state index in [9.17, 15) is 18.0 Å². The van der Waals surface area contributed by atoms with Gasteiger partial charge in [0, 0.05) is 12.6 Å². The van der Waals surface area contributed by atoms with Gasteiger partial charge in [0.1, 0.15) is 0 Å². The highest BCUT2D eigenvalue weighted by Gasteiger charge is 2.33. The van der Waals surface area contributed by atoms with Crippen molar-refractivity contribution >= 4 is 5.91 Å². The van der Waals surface area contributed by atoms with E-state index in [2.05, 4.69) is 10.2 Å². The summed E-state index contributed by atoms with van der Waals surface area (Å²) >= 11 is 0. The molecule has 1 aliphatic heterocycles. The molecule has 1 saturated heterocycles. The van der Waals surface area contributed by atoms with Crippen LogP contribution in [0.15, 0.2) is 24.3 Å². The molecule has 3 nitrogen and oxygen atoms in total. The number of alkyl halides is 3. The Kier molecular flexibility index (Phi) is 5.67. The van der Waals surface area contributed by atoms with Crippen LogP contribution in [0, 0.1) is 5.92 Å². The molecule has 0 unspecified atom stereocenters. The number of rotatable bonds is 6. The third-order valence-corrected chi connectivity index (χ3v) is 5.06. The van der Waals surface area contributed by atoms with Crippen LogP contribution in [0.3, 0.4) is 0 Å². The number of amides is 1. The zero-order chi connectivity index (χ0) is 17.9. The van der Waals surface area contributed by atoms with Gasteiger partial charge in [0.25, 0.3) is 0 Å². The van der Waals surface area contributed by atoms with Crippen LogP contribution < -0.4 is 5.32 Å². The van der Waals surface area contributed by atoms with Crippen LogP contribution in [0.2, 0.25) is 0 Å². The summed E-state index contributed by atoms with van der Waals surface area (Å²) in [6, 6.07) is 6.21. The maximum absolute atomic E-state index is 13.1. The van der Waals surface area contributed by atoms with E-state index in [0.29, 0.717) is 30.5 Å². The summed E-state index contributed by atoms with van der Waals surface area (Å²) in [6.45, 7) is 2.10. The van der Waals surface area contributed by atoms with Crippen molar-refractivity contribution in [2.45, 2.75) is 50.7 Å². The lowest BCUT2D eigenvalue weighted by atomic mass is 9.90. The minimum absolute atomic E-state index is 0.0746. The smallest absolute Gasteiger partial charge is 0.352 e. The molecule has 1 atom stereocenters. The second-order valence-electron chi connectivity index (χ2n) is 7.28. The molecule has 1 aromatic carbocycles. The number of carbonyl (C=O) groups is 1. The Morgan fingerprint density at radius 1 is 1.20 bits per heavy atom. The minimum atomic E-state index is -4.30. The number of carbonyl (C=O) groups excluding carboxylic acids is 1. The third kappa shape index (κ3) is 5.46. The van der Waals surface area contributed by atoms with Gasteiger partial charge < -0.3 is 5.32 Å². The summed E-state index contributed by atoms with van der Waals surface area (Å²) in [5, 5.41) is 2.99. The molecule has 1 N–H and O–H groups in total. The summed E-state index contributed by atoms with van der Waals surface area (Å²) in [4.78, 5) is 14.1. The molecule has 1 heterocycles. The first-order valence-electron chi connectivity index (χ1n) is 9.08. The number of hydrogen-bond acceptors (Lipinski definition) is 2. The number of hydrogen-bond donors (Lipinski definition) is 1. The molecule has 1 amide bonds. The Morgan fingerprint density at radius 2 is 1.96 bits per heavy atom. The molecular formula is C19H25F3N2O. The van der Waals surface area contributed by atoms with Crippen molar-refractivity contribution in [1.29, 1.82) is 0 Å². The largest absolute Gasteiger partial charge is 0.416 e. The number of nitrogens with one attached hydrogen (secondary N) is 1. The van der Waals surface area contributed by atoms with Gasteiger partial charge in [-0.15, -0.1) is 0 Å². The fourth-order valence-electron chi connectivity index (χ4n) is 3.61. The topological polar surface area (TPSA) is 32.3 Å². The van der Waals surface area contributed by atoms with Gasteiger partial charge >= 0.3 is 6.18 Å². The second kappa shape index (κ2) is 7.77. The Morgan fingerprint density at radius 3 is 2.68 bits per heavy atom. The van der Waals surface area contributed by atoms with Crippen molar-refractivity contribution in [3.8, 4) is 0 Å². The molecule has 25 heavy (non-hydrogen) atoms. The predicted octanol–water partition coefficient (Wildman–Crippen LogP) is 3.63. The Balaban J connectivity index is 1.50. The van der Waals surface area contributed by atoms with Gasteiger partial charge in [-0.05, 0) is 62.6 Å². The number of nitrogens with zero attached hydrogens (tertiary/aromatic N) is 1. The highest BCUT2D eigenvalue weighted by molar-refractivity contribution is 5.78. The lowest BCUT2D eigenvalue weighted by Crippen LogP contribution is -2.43. The van der Waals surface area contributed by atoms with E-state index in [-0.39, 0.29) is 5.91 Å². The summed E-state index contributed by atoms with van der Waals surface area (Å²) in [5.74, 6) is 0.425. The molecule has 6 heteroatoms. The van der Waals surface area contributed by atoms with Crippen LogP contribution in [0.25, 0.3) is 0 Å². The van der Waals surface area contributed by atoms with Gasteiger partial charge in [-0.1, -0.05) is 18.2 Å². The maximum Gasteiger partial charge on any atom is 0.416 e. The summed E-state index contributed by atoms with van der Waals surface area (Å²) in [7, 11) is 0. The van der Waals surface area contributed by atoms with E-state index in [4.69, 9.17) is 0 Å². The van der Waals surface area contributed by atoms with Gasteiger partial charge in [0.15, 0.2) is 0 Å². The second-order valence-corrected chi connectivity index (χ2v) is 7.28. The third-order valence-electron chi connectivity index (χ3n) is 5.06. The minimum Gasteiger partial charge on any atom is -0.352 e. The Hall–Kier alpha value is -1.56. The van der Waals surface area contributed by atoms with E-state index in [1.165, 1.54) is 6.07 Å².